The van der Waals surface area contributed by atoms with Gasteiger partial charge in [-0.25, -0.2) is 15.0 Å². The van der Waals surface area contributed by atoms with E-state index in [9.17, 15) is 5.11 Å². The van der Waals surface area contributed by atoms with Crippen LogP contribution in [0.5, 0.6) is 5.75 Å². The van der Waals surface area contributed by atoms with Gasteiger partial charge in [0.15, 0.2) is 21.8 Å². The standard InChI is InChI=1S/C19H25N5O2S2/c1-11(2)7-13(9-25)21-16-15-17(22-18(20)28-15)24-19(23-16)27-10-12-5-4-6-14(8-12)26-3/h4-6,8,11,13,25H,7,9-10H2,1-3H3,(H3,20,21,22,23,24). The number of aliphatic hydroxyl groups is 1. The van der Waals surface area contributed by atoms with Crippen LogP contribution in [-0.4, -0.2) is 39.8 Å². The van der Waals surface area contributed by atoms with E-state index >= 15 is 0 Å². The molecule has 7 nitrogen and oxygen atoms in total. The Labute approximate surface area is 172 Å². The van der Waals surface area contributed by atoms with Crippen LogP contribution in [0.3, 0.4) is 0 Å². The minimum absolute atomic E-state index is 0.0320. The molecular formula is C19H25N5O2S2. The molecular weight excluding hydrogens is 394 g/mol. The number of hydrogen-bond donors (Lipinski definition) is 3. The van der Waals surface area contributed by atoms with E-state index in [1.54, 1.807) is 7.11 Å². The van der Waals surface area contributed by atoms with Crippen molar-refractivity contribution in [1.29, 1.82) is 0 Å². The summed E-state index contributed by atoms with van der Waals surface area (Å²) >= 11 is 2.87. The third-order valence-corrected chi connectivity index (χ3v) is 5.87. The van der Waals surface area contributed by atoms with Gasteiger partial charge in [0, 0.05) is 5.75 Å². The van der Waals surface area contributed by atoms with Crippen LogP contribution >= 0.6 is 23.1 Å². The average molecular weight is 420 g/mol. The number of ether oxygens (including phenoxy) is 1. The fraction of sp³-hybridized carbons (Fsp3) is 0.421. The molecule has 28 heavy (non-hydrogen) atoms. The Morgan fingerprint density at radius 2 is 2.11 bits per heavy atom. The fourth-order valence-electron chi connectivity index (χ4n) is 2.83. The number of aromatic nitrogens is 3. The van der Waals surface area contributed by atoms with E-state index in [1.165, 1.54) is 23.1 Å². The highest BCUT2D eigenvalue weighted by Crippen LogP contribution is 2.32. The summed E-state index contributed by atoms with van der Waals surface area (Å²) in [6, 6.07) is 7.83. The van der Waals surface area contributed by atoms with Crippen molar-refractivity contribution in [1.82, 2.24) is 15.0 Å². The minimum Gasteiger partial charge on any atom is -0.497 e. The second-order valence-electron chi connectivity index (χ2n) is 6.85. The van der Waals surface area contributed by atoms with Crippen LogP contribution in [0.25, 0.3) is 10.3 Å². The number of nitrogen functional groups attached to an aromatic ring is 1. The van der Waals surface area contributed by atoms with E-state index in [0.29, 0.717) is 33.4 Å². The third-order valence-electron chi connectivity index (χ3n) is 4.07. The number of thioether (sulfide) groups is 1. The quantitative estimate of drug-likeness (QED) is 0.355. The lowest BCUT2D eigenvalue weighted by molar-refractivity contribution is 0.259. The van der Waals surface area contributed by atoms with E-state index in [4.69, 9.17) is 10.5 Å². The molecule has 0 aliphatic rings. The highest BCUT2D eigenvalue weighted by atomic mass is 32.2. The Hall–Kier alpha value is -2.10. The fourth-order valence-corrected chi connectivity index (χ4v) is 4.34. The van der Waals surface area contributed by atoms with Crippen molar-refractivity contribution < 1.29 is 9.84 Å². The van der Waals surface area contributed by atoms with Crippen molar-refractivity contribution >= 4 is 44.4 Å². The Balaban J connectivity index is 1.84. The average Bonchev–Trinajstić information content (AvgIpc) is 3.06. The lowest BCUT2D eigenvalue weighted by Gasteiger charge is -2.19. The van der Waals surface area contributed by atoms with Gasteiger partial charge in [0.25, 0.3) is 0 Å². The summed E-state index contributed by atoms with van der Waals surface area (Å²) in [5, 5.41) is 14.1. The first-order valence-electron chi connectivity index (χ1n) is 9.05. The first-order valence-corrected chi connectivity index (χ1v) is 10.9. The lowest BCUT2D eigenvalue weighted by atomic mass is 10.0. The van der Waals surface area contributed by atoms with Gasteiger partial charge >= 0.3 is 0 Å². The molecule has 1 atom stereocenters. The molecule has 3 rings (SSSR count). The monoisotopic (exact) mass is 419 g/mol. The molecule has 150 valence electrons. The topological polar surface area (TPSA) is 106 Å². The van der Waals surface area contributed by atoms with Crippen molar-refractivity contribution in [2.75, 3.05) is 24.8 Å². The number of fused-ring (bicyclic) bond motifs is 1. The summed E-state index contributed by atoms with van der Waals surface area (Å²) in [6.45, 7) is 4.28. The second-order valence-corrected chi connectivity index (χ2v) is 8.83. The molecule has 0 saturated heterocycles. The molecule has 2 heterocycles. The summed E-state index contributed by atoms with van der Waals surface area (Å²) in [5.41, 5.74) is 7.59. The highest BCUT2D eigenvalue weighted by molar-refractivity contribution is 7.98. The van der Waals surface area contributed by atoms with Gasteiger partial charge in [0.05, 0.1) is 19.8 Å². The molecule has 0 bridgehead atoms. The number of nitrogens with two attached hydrogens (primary N) is 1. The largest absolute Gasteiger partial charge is 0.497 e. The number of nitrogens with one attached hydrogen (secondary N) is 1. The number of nitrogens with zero attached hydrogens (tertiary/aromatic N) is 3. The smallest absolute Gasteiger partial charge is 0.191 e. The van der Waals surface area contributed by atoms with Crippen LogP contribution in [0.15, 0.2) is 29.4 Å². The van der Waals surface area contributed by atoms with Crippen LogP contribution in [0.1, 0.15) is 25.8 Å². The van der Waals surface area contributed by atoms with Crippen LogP contribution in [0, 0.1) is 5.92 Å². The van der Waals surface area contributed by atoms with Gasteiger partial charge in [-0.1, -0.05) is 49.1 Å². The third kappa shape index (κ3) is 5.24. The molecule has 3 aromatic rings. The van der Waals surface area contributed by atoms with Gasteiger partial charge in [-0.3, -0.25) is 0 Å². The maximum Gasteiger partial charge on any atom is 0.191 e. The van der Waals surface area contributed by atoms with Gasteiger partial charge < -0.3 is 20.9 Å². The van der Waals surface area contributed by atoms with E-state index in [1.807, 2.05) is 24.3 Å². The van der Waals surface area contributed by atoms with E-state index in [2.05, 4.69) is 34.1 Å². The zero-order chi connectivity index (χ0) is 20.1. The number of aliphatic hydroxyl groups excluding tert-OH is 1. The van der Waals surface area contributed by atoms with E-state index < -0.39 is 0 Å². The molecule has 0 radical (unpaired) electrons. The Bertz CT molecular complexity index is 932. The predicted octanol–water partition coefficient (Wildman–Crippen LogP) is 3.79. The summed E-state index contributed by atoms with van der Waals surface area (Å²) in [5.74, 6) is 2.66. The SMILES string of the molecule is COc1cccc(CSc2nc(NC(CO)CC(C)C)c3sc(N)nc3n2)c1. The summed E-state index contributed by atoms with van der Waals surface area (Å²) in [6.07, 6.45) is 0.836. The van der Waals surface area contributed by atoms with Crippen molar-refractivity contribution in [2.24, 2.45) is 5.92 Å². The van der Waals surface area contributed by atoms with Crippen LogP contribution in [0.4, 0.5) is 10.9 Å². The number of anilines is 2. The molecule has 0 fully saturated rings. The number of hydrogen-bond acceptors (Lipinski definition) is 9. The number of rotatable bonds is 9. The van der Waals surface area contributed by atoms with Crippen LogP contribution in [0.2, 0.25) is 0 Å². The first kappa shape index (κ1) is 20.6. The summed E-state index contributed by atoms with van der Waals surface area (Å²) < 4.78 is 6.09. The van der Waals surface area contributed by atoms with E-state index in [-0.39, 0.29) is 12.6 Å². The van der Waals surface area contributed by atoms with Gasteiger partial charge in [-0.15, -0.1) is 0 Å². The van der Waals surface area contributed by atoms with Crippen molar-refractivity contribution in [3.05, 3.63) is 29.8 Å². The highest BCUT2D eigenvalue weighted by Gasteiger charge is 2.17. The predicted molar refractivity (Wildman–Crippen MR) is 116 cm³/mol. The van der Waals surface area contributed by atoms with Crippen LogP contribution in [-0.2, 0) is 5.75 Å². The Kier molecular flexibility index (Phi) is 6.93. The zero-order valence-electron chi connectivity index (χ0n) is 16.2. The Morgan fingerprint density at radius 1 is 1.29 bits per heavy atom. The molecule has 0 aliphatic heterocycles. The maximum atomic E-state index is 9.72. The second kappa shape index (κ2) is 9.40. The molecule has 0 saturated carbocycles. The number of thiazole rings is 1. The molecule has 1 aromatic carbocycles. The van der Waals surface area contributed by atoms with E-state index in [0.717, 1.165) is 22.4 Å². The lowest BCUT2D eigenvalue weighted by Crippen LogP contribution is -2.26. The van der Waals surface area contributed by atoms with Crippen LogP contribution < -0.4 is 15.8 Å². The van der Waals surface area contributed by atoms with Crippen molar-refractivity contribution in [2.45, 2.75) is 37.2 Å². The molecule has 0 aliphatic carbocycles. The summed E-state index contributed by atoms with van der Waals surface area (Å²) in [4.78, 5) is 13.5. The number of methoxy groups -OCH3 is 1. The van der Waals surface area contributed by atoms with Gasteiger partial charge in [0.2, 0.25) is 0 Å². The molecule has 2 aromatic heterocycles. The molecule has 1 unspecified atom stereocenters. The Morgan fingerprint density at radius 3 is 2.82 bits per heavy atom. The van der Waals surface area contributed by atoms with Crippen molar-refractivity contribution in [3.63, 3.8) is 0 Å². The molecule has 0 spiro atoms. The molecule has 9 heteroatoms. The molecule has 0 amide bonds. The minimum atomic E-state index is -0.0855. The normalized spacial score (nSPS) is 12.5. The van der Waals surface area contributed by atoms with Crippen molar-refractivity contribution in [3.8, 4) is 5.75 Å². The first-order chi connectivity index (χ1) is 13.5. The zero-order valence-corrected chi connectivity index (χ0v) is 17.8. The van der Waals surface area contributed by atoms with Gasteiger partial charge in [-0.2, -0.15) is 0 Å². The number of benzene rings is 1. The molecule has 4 N–H and O–H groups in total. The van der Waals surface area contributed by atoms with Gasteiger partial charge in [0.1, 0.15) is 10.4 Å². The maximum absolute atomic E-state index is 9.72. The summed E-state index contributed by atoms with van der Waals surface area (Å²) in [7, 11) is 1.66. The van der Waals surface area contributed by atoms with Gasteiger partial charge in [-0.05, 0) is 30.0 Å².